The molecule has 1 aromatic heterocycles. The summed E-state index contributed by atoms with van der Waals surface area (Å²) in [4.78, 5) is 24.3. The van der Waals surface area contributed by atoms with Crippen LogP contribution in [0.15, 0.2) is 18.2 Å². The minimum absolute atomic E-state index is 0.0155. The summed E-state index contributed by atoms with van der Waals surface area (Å²) >= 11 is 0. The summed E-state index contributed by atoms with van der Waals surface area (Å²) < 4.78 is 41.1. The lowest BCUT2D eigenvalue weighted by Crippen LogP contribution is -2.57. The van der Waals surface area contributed by atoms with Gasteiger partial charge < -0.3 is 5.32 Å². The van der Waals surface area contributed by atoms with Gasteiger partial charge in [-0.05, 0) is 27.7 Å². The van der Waals surface area contributed by atoms with Crippen molar-refractivity contribution in [2.24, 2.45) is 0 Å². The number of benzene rings is 1. The number of alkyl halides is 2. The van der Waals surface area contributed by atoms with Crippen LogP contribution in [0.1, 0.15) is 61.4 Å². The number of fused-ring (bicyclic) bond motifs is 1. The second kappa shape index (κ2) is 9.87. The molecule has 0 radical (unpaired) electrons. The van der Waals surface area contributed by atoms with Gasteiger partial charge in [0.05, 0.1) is 30.3 Å². The van der Waals surface area contributed by atoms with Crippen molar-refractivity contribution in [3.63, 3.8) is 0 Å². The fourth-order valence-corrected chi connectivity index (χ4v) is 4.64. The minimum atomic E-state index is -2.89. The maximum atomic E-state index is 14.7. The second-order valence-corrected chi connectivity index (χ2v) is 9.17. The van der Waals surface area contributed by atoms with E-state index in [2.05, 4.69) is 39.0 Å². The van der Waals surface area contributed by atoms with Gasteiger partial charge in [-0.3, -0.25) is 14.7 Å². The van der Waals surface area contributed by atoms with Gasteiger partial charge in [0.2, 0.25) is 5.91 Å². The molecule has 1 saturated heterocycles. The molecule has 2 aliphatic rings. The van der Waals surface area contributed by atoms with Gasteiger partial charge in [0.15, 0.2) is 0 Å². The van der Waals surface area contributed by atoms with Crippen LogP contribution < -0.4 is 5.32 Å². The highest BCUT2D eigenvalue weighted by atomic mass is 19.3. The number of carbonyl (C=O) groups excluding carboxylic acids is 1. The van der Waals surface area contributed by atoms with E-state index in [1.807, 2.05) is 0 Å². The topological polar surface area (TPSA) is 64.6 Å². The predicted molar refractivity (Wildman–Crippen MR) is 123 cm³/mol. The third-order valence-electron chi connectivity index (χ3n) is 6.59. The van der Waals surface area contributed by atoms with E-state index in [0.717, 1.165) is 37.8 Å². The zero-order valence-corrected chi connectivity index (χ0v) is 20.0. The molecule has 0 aliphatic carbocycles. The molecule has 0 spiro atoms. The lowest BCUT2D eigenvalue weighted by atomic mass is 10.0. The summed E-state index contributed by atoms with van der Waals surface area (Å²) in [5, 5.41) is 7.02. The number of nitrogens with zero attached hydrogens (tertiary/aromatic N) is 5. The molecule has 1 fully saturated rings. The van der Waals surface area contributed by atoms with Gasteiger partial charge in [-0.1, -0.05) is 18.2 Å². The van der Waals surface area contributed by atoms with Crippen molar-refractivity contribution in [1.29, 1.82) is 0 Å². The van der Waals surface area contributed by atoms with Crippen LogP contribution in [0.5, 0.6) is 0 Å². The highest BCUT2D eigenvalue weighted by Gasteiger charge is 2.33. The van der Waals surface area contributed by atoms with E-state index in [0.29, 0.717) is 29.9 Å². The normalized spacial score (nSPS) is 18.5. The fourth-order valence-electron chi connectivity index (χ4n) is 4.64. The van der Waals surface area contributed by atoms with Crippen molar-refractivity contribution in [2.75, 3.05) is 31.5 Å². The Hall–Kier alpha value is -2.72. The molecule has 1 atom stereocenters. The largest absolute Gasteiger partial charge is 0.363 e. The Balaban J connectivity index is 1.58. The van der Waals surface area contributed by atoms with Gasteiger partial charge in [0.1, 0.15) is 17.5 Å². The van der Waals surface area contributed by atoms with Gasteiger partial charge in [0.25, 0.3) is 6.43 Å². The van der Waals surface area contributed by atoms with Gasteiger partial charge in [-0.2, -0.15) is 0 Å². The molecule has 1 aromatic carbocycles. The average molecular weight is 477 g/mol. The van der Waals surface area contributed by atoms with E-state index in [4.69, 9.17) is 0 Å². The molecule has 34 heavy (non-hydrogen) atoms. The molecule has 7 nitrogen and oxygen atoms in total. The smallest absolute Gasteiger partial charge is 0.266 e. The number of aryl methyl sites for hydroxylation is 1. The molecule has 10 heteroatoms. The van der Waals surface area contributed by atoms with Crippen LogP contribution in [0.25, 0.3) is 0 Å². The number of anilines is 1. The Morgan fingerprint density at radius 3 is 2.35 bits per heavy atom. The molecule has 2 aromatic rings. The van der Waals surface area contributed by atoms with Crippen molar-refractivity contribution in [1.82, 2.24) is 24.9 Å². The summed E-state index contributed by atoms with van der Waals surface area (Å²) in [5.41, 5.74) is 0.931. The van der Waals surface area contributed by atoms with Crippen molar-refractivity contribution >= 4 is 11.7 Å². The first-order valence-corrected chi connectivity index (χ1v) is 11.6. The monoisotopic (exact) mass is 476 g/mol. The van der Waals surface area contributed by atoms with Gasteiger partial charge in [-0.15, -0.1) is 0 Å². The zero-order valence-electron chi connectivity index (χ0n) is 20.0. The SMILES string of the molecule is Cc1nc2c(c(N[C@H](C)c3cccc(C(F)F)c3F)n1)CN(N1CCN(C(C)C)CC1)C(=O)C2. The molecular weight excluding hydrogens is 445 g/mol. The number of aromatic nitrogens is 2. The first-order chi connectivity index (χ1) is 16.2. The Kier molecular flexibility index (Phi) is 7.09. The van der Waals surface area contributed by atoms with Crippen molar-refractivity contribution < 1.29 is 18.0 Å². The lowest BCUT2D eigenvalue weighted by Gasteiger charge is -2.43. The molecule has 0 bridgehead atoms. The zero-order chi connectivity index (χ0) is 24.6. The average Bonchev–Trinajstić information content (AvgIpc) is 2.78. The number of hydrogen-bond acceptors (Lipinski definition) is 6. The van der Waals surface area contributed by atoms with Gasteiger partial charge in [0, 0.05) is 43.3 Å². The summed E-state index contributed by atoms with van der Waals surface area (Å²) in [6.07, 6.45) is -2.74. The second-order valence-electron chi connectivity index (χ2n) is 9.17. The van der Waals surface area contributed by atoms with E-state index >= 15 is 0 Å². The summed E-state index contributed by atoms with van der Waals surface area (Å²) in [5.74, 6) is 0.0486. The highest BCUT2D eigenvalue weighted by molar-refractivity contribution is 5.80. The van der Waals surface area contributed by atoms with Crippen LogP contribution in [0.3, 0.4) is 0 Å². The Bertz CT molecular complexity index is 1060. The van der Waals surface area contributed by atoms with Crippen molar-refractivity contribution in [2.45, 2.75) is 59.2 Å². The summed E-state index contributed by atoms with van der Waals surface area (Å²) in [6.45, 7) is 11.3. The molecule has 3 heterocycles. The Labute approximate surface area is 197 Å². The van der Waals surface area contributed by atoms with E-state index in [1.165, 1.54) is 12.1 Å². The van der Waals surface area contributed by atoms with E-state index in [-0.39, 0.29) is 17.9 Å². The third-order valence-corrected chi connectivity index (χ3v) is 6.59. The molecule has 1 amide bonds. The molecule has 4 rings (SSSR count). The van der Waals surface area contributed by atoms with Crippen LogP contribution in [-0.4, -0.2) is 63.0 Å². The maximum absolute atomic E-state index is 14.7. The van der Waals surface area contributed by atoms with Crippen molar-refractivity contribution in [3.05, 3.63) is 52.2 Å². The summed E-state index contributed by atoms with van der Waals surface area (Å²) in [7, 11) is 0. The van der Waals surface area contributed by atoms with Crippen LogP contribution in [0.2, 0.25) is 0 Å². The van der Waals surface area contributed by atoms with Crippen LogP contribution in [-0.2, 0) is 17.8 Å². The number of piperazine rings is 1. The maximum Gasteiger partial charge on any atom is 0.266 e. The molecular formula is C24H31F3N6O. The minimum Gasteiger partial charge on any atom is -0.363 e. The first-order valence-electron chi connectivity index (χ1n) is 11.6. The van der Waals surface area contributed by atoms with Crippen molar-refractivity contribution in [3.8, 4) is 0 Å². The number of hydrogen-bond donors (Lipinski definition) is 1. The molecule has 1 N–H and O–H groups in total. The summed E-state index contributed by atoms with van der Waals surface area (Å²) in [6, 6.07) is 3.85. The van der Waals surface area contributed by atoms with Gasteiger partial charge in [-0.25, -0.2) is 28.1 Å². The van der Waals surface area contributed by atoms with Crippen LogP contribution in [0, 0.1) is 12.7 Å². The van der Waals surface area contributed by atoms with Gasteiger partial charge >= 0.3 is 0 Å². The molecule has 0 unspecified atom stereocenters. The predicted octanol–water partition coefficient (Wildman–Crippen LogP) is 3.86. The number of hydrazine groups is 1. The van der Waals surface area contributed by atoms with Crippen LogP contribution in [0.4, 0.5) is 19.0 Å². The quantitative estimate of drug-likeness (QED) is 0.683. The first kappa shape index (κ1) is 24.4. The number of carbonyl (C=O) groups is 1. The van der Waals surface area contributed by atoms with Crippen LogP contribution >= 0.6 is 0 Å². The Morgan fingerprint density at radius 1 is 1.03 bits per heavy atom. The highest BCUT2D eigenvalue weighted by Crippen LogP contribution is 2.31. The molecule has 2 aliphatic heterocycles. The van der Waals surface area contributed by atoms with E-state index < -0.39 is 23.8 Å². The van der Waals surface area contributed by atoms with E-state index in [1.54, 1.807) is 18.9 Å². The fraction of sp³-hybridized carbons (Fsp3) is 0.542. The third kappa shape index (κ3) is 4.88. The lowest BCUT2D eigenvalue weighted by molar-refractivity contribution is -0.155. The number of nitrogens with one attached hydrogen (secondary N) is 1. The van der Waals surface area contributed by atoms with E-state index in [9.17, 15) is 18.0 Å². The molecule has 184 valence electrons. The number of amides is 1. The standard InChI is InChI=1S/C24H31F3N6O/c1-14(2)31-8-10-32(11-9-31)33-13-19-20(12-21(33)34)29-16(4)30-24(19)28-15(3)17-6-5-7-18(22(17)25)23(26)27/h5-7,14-15,23H,8-13H2,1-4H3,(H,28,29,30)/t15-/m1/s1. The number of rotatable bonds is 6. The number of halogens is 3. The Morgan fingerprint density at radius 2 is 1.71 bits per heavy atom. The molecule has 0 saturated carbocycles.